The molecule has 0 aromatic heterocycles. The summed E-state index contributed by atoms with van der Waals surface area (Å²) in [6.07, 6.45) is 0.657. The molecule has 7 heteroatoms. The van der Waals surface area contributed by atoms with E-state index in [1.54, 1.807) is 49.4 Å². The Kier molecular flexibility index (Phi) is 7.97. The molecule has 2 rings (SSSR count). The Morgan fingerprint density at radius 2 is 1.72 bits per heavy atom. The Labute approximate surface area is 169 Å². The first-order chi connectivity index (χ1) is 13.9. The number of hydrogen-bond donors (Lipinski definition) is 1. The molecular formula is C22H23NO6. The van der Waals surface area contributed by atoms with Crippen LogP contribution in [-0.2, 0) is 23.9 Å². The van der Waals surface area contributed by atoms with E-state index < -0.39 is 23.9 Å². The van der Waals surface area contributed by atoms with E-state index in [9.17, 15) is 14.4 Å². The minimum absolute atomic E-state index is 0.186. The van der Waals surface area contributed by atoms with E-state index in [4.69, 9.17) is 14.2 Å². The van der Waals surface area contributed by atoms with Crippen molar-refractivity contribution in [2.24, 2.45) is 0 Å². The van der Waals surface area contributed by atoms with Gasteiger partial charge in [-0.05, 0) is 31.5 Å². The highest BCUT2D eigenvalue weighted by Gasteiger charge is 2.25. The summed E-state index contributed by atoms with van der Waals surface area (Å²) in [5.74, 6) is -1.60. The van der Waals surface area contributed by atoms with Crippen LogP contribution in [0.15, 0.2) is 60.7 Å². The number of benzene rings is 2. The van der Waals surface area contributed by atoms with Crippen molar-refractivity contribution in [2.75, 3.05) is 19.0 Å². The first-order valence-corrected chi connectivity index (χ1v) is 9.00. The predicted molar refractivity (Wildman–Crippen MR) is 107 cm³/mol. The average Bonchev–Trinajstić information content (AvgIpc) is 2.71. The number of amides is 1. The van der Waals surface area contributed by atoms with E-state index in [-0.39, 0.29) is 6.61 Å². The second kappa shape index (κ2) is 10.7. The highest BCUT2D eigenvalue weighted by atomic mass is 16.5. The fourth-order valence-corrected chi connectivity index (χ4v) is 2.50. The van der Waals surface area contributed by atoms with Crippen molar-refractivity contribution in [1.82, 2.24) is 0 Å². The zero-order valence-corrected chi connectivity index (χ0v) is 16.5. The second-order valence-electron chi connectivity index (χ2n) is 6.01. The summed E-state index contributed by atoms with van der Waals surface area (Å²) in [7, 11) is 1.50. The van der Waals surface area contributed by atoms with Gasteiger partial charge in [0.15, 0.2) is 0 Å². The molecule has 0 radical (unpaired) electrons. The van der Waals surface area contributed by atoms with Gasteiger partial charge in [0.2, 0.25) is 6.10 Å². The summed E-state index contributed by atoms with van der Waals surface area (Å²) < 4.78 is 15.3. The van der Waals surface area contributed by atoms with Crippen molar-refractivity contribution < 1.29 is 28.6 Å². The van der Waals surface area contributed by atoms with Crippen LogP contribution in [0.25, 0.3) is 0 Å². The third kappa shape index (κ3) is 6.49. The molecule has 0 aliphatic rings. The fraction of sp³-hybridized carbons (Fsp3) is 0.227. The van der Waals surface area contributed by atoms with Gasteiger partial charge in [0.05, 0.1) is 19.4 Å². The molecule has 29 heavy (non-hydrogen) atoms. The summed E-state index contributed by atoms with van der Waals surface area (Å²) in [4.78, 5) is 36.4. The van der Waals surface area contributed by atoms with Gasteiger partial charge in [-0.25, -0.2) is 9.59 Å². The van der Waals surface area contributed by atoms with Crippen molar-refractivity contribution in [3.63, 3.8) is 0 Å². The van der Waals surface area contributed by atoms with Crippen LogP contribution < -0.4 is 10.1 Å². The summed E-state index contributed by atoms with van der Waals surface area (Å²) in [5.41, 5.74) is 1.86. The van der Waals surface area contributed by atoms with E-state index in [2.05, 4.69) is 5.32 Å². The van der Waals surface area contributed by atoms with Crippen LogP contribution in [0.4, 0.5) is 5.69 Å². The maximum absolute atomic E-state index is 12.9. The number of rotatable bonds is 8. The van der Waals surface area contributed by atoms with Gasteiger partial charge in [0.25, 0.3) is 5.91 Å². The van der Waals surface area contributed by atoms with Crippen LogP contribution in [0.3, 0.4) is 0 Å². The van der Waals surface area contributed by atoms with E-state index in [0.29, 0.717) is 17.0 Å². The van der Waals surface area contributed by atoms with Gasteiger partial charge in [-0.2, -0.15) is 0 Å². The third-order valence-corrected chi connectivity index (χ3v) is 3.83. The molecule has 1 N–H and O–H groups in total. The van der Waals surface area contributed by atoms with E-state index in [1.165, 1.54) is 7.11 Å². The molecule has 0 aliphatic heterocycles. The van der Waals surface area contributed by atoms with Gasteiger partial charge in [-0.1, -0.05) is 36.4 Å². The summed E-state index contributed by atoms with van der Waals surface area (Å²) in [5, 5.41) is 2.73. The van der Waals surface area contributed by atoms with Gasteiger partial charge in [0, 0.05) is 17.7 Å². The SMILES string of the molecule is CCOC(=O)/C=C/C(=O)O[C@@H](C(=O)Nc1cc(C)ccc1OC)c1ccccc1. The monoisotopic (exact) mass is 397 g/mol. The van der Waals surface area contributed by atoms with Crippen molar-refractivity contribution in [3.8, 4) is 5.75 Å². The highest BCUT2D eigenvalue weighted by molar-refractivity contribution is 5.98. The smallest absolute Gasteiger partial charge is 0.332 e. The Balaban J connectivity index is 2.22. The Hall–Kier alpha value is -3.61. The molecule has 2 aromatic rings. The van der Waals surface area contributed by atoms with Gasteiger partial charge in [-0.3, -0.25) is 4.79 Å². The predicted octanol–water partition coefficient (Wildman–Crippen LogP) is 3.35. The van der Waals surface area contributed by atoms with Crippen molar-refractivity contribution >= 4 is 23.5 Å². The standard InChI is InChI=1S/C22H23NO6/c1-4-28-19(24)12-13-20(25)29-21(16-8-6-5-7-9-16)22(26)23-17-14-15(2)10-11-18(17)27-3/h5-14,21H,4H2,1-3H3,(H,23,26)/b13-12+/t21-/m1/s1. The molecule has 152 valence electrons. The number of ether oxygens (including phenoxy) is 3. The van der Waals surface area contributed by atoms with Crippen LogP contribution in [0.1, 0.15) is 24.2 Å². The van der Waals surface area contributed by atoms with Crippen molar-refractivity contribution in [1.29, 1.82) is 0 Å². The highest BCUT2D eigenvalue weighted by Crippen LogP contribution is 2.27. The molecular weight excluding hydrogens is 374 g/mol. The zero-order chi connectivity index (χ0) is 21.2. The fourth-order valence-electron chi connectivity index (χ4n) is 2.50. The van der Waals surface area contributed by atoms with E-state index in [1.807, 2.05) is 13.0 Å². The lowest BCUT2D eigenvalue weighted by Crippen LogP contribution is -2.25. The Morgan fingerprint density at radius 3 is 2.38 bits per heavy atom. The number of carbonyl (C=O) groups is 3. The van der Waals surface area contributed by atoms with Gasteiger partial charge in [-0.15, -0.1) is 0 Å². The summed E-state index contributed by atoms with van der Waals surface area (Å²) in [6.45, 7) is 3.72. The largest absolute Gasteiger partial charge is 0.495 e. The Bertz CT molecular complexity index is 891. The number of esters is 2. The normalized spacial score (nSPS) is 11.6. The molecule has 1 amide bonds. The molecule has 0 fully saturated rings. The number of anilines is 1. The topological polar surface area (TPSA) is 90.9 Å². The first kappa shape index (κ1) is 21.7. The minimum atomic E-state index is -1.22. The average molecular weight is 397 g/mol. The molecule has 7 nitrogen and oxygen atoms in total. The summed E-state index contributed by atoms with van der Waals surface area (Å²) >= 11 is 0. The van der Waals surface area contributed by atoms with Crippen molar-refractivity contribution in [2.45, 2.75) is 20.0 Å². The zero-order valence-electron chi connectivity index (χ0n) is 16.5. The number of aryl methyl sites for hydroxylation is 1. The lowest BCUT2D eigenvalue weighted by atomic mass is 10.1. The summed E-state index contributed by atoms with van der Waals surface area (Å²) in [6, 6.07) is 13.9. The van der Waals surface area contributed by atoms with Crippen molar-refractivity contribution in [3.05, 3.63) is 71.8 Å². The van der Waals surface area contributed by atoms with E-state index >= 15 is 0 Å². The maximum Gasteiger partial charge on any atom is 0.332 e. The molecule has 2 aromatic carbocycles. The van der Waals surface area contributed by atoms with E-state index in [0.717, 1.165) is 17.7 Å². The van der Waals surface area contributed by atoms with Gasteiger partial charge >= 0.3 is 11.9 Å². The van der Waals surface area contributed by atoms with Crippen LogP contribution in [0.2, 0.25) is 0 Å². The molecule has 0 heterocycles. The van der Waals surface area contributed by atoms with Crippen LogP contribution in [-0.4, -0.2) is 31.6 Å². The van der Waals surface area contributed by atoms with Crippen LogP contribution in [0.5, 0.6) is 5.75 Å². The van der Waals surface area contributed by atoms with Gasteiger partial charge in [0.1, 0.15) is 5.75 Å². The maximum atomic E-state index is 12.9. The number of carbonyl (C=O) groups excluding carboxylic acids is 3. The van der Waals surface area contributed by atoms with Crippen LogP contribution in [0, 0.1) is 6.92 Å². The van der Waals surface area contributed by atoms with Crippen LogP contribution >= 0.6 is 0 Å². The lowest BCUT2D eigenvalue weighted by molar-refractivity contribution is -0.150. The number of methoxy groups -OCH3 is 1. The first-order valence-electron chi connectivity index (χ1n) is 9.00. The molecule has 0 saturated carbocycles. The Morgan fingerprint density at radius 1 is 1.03 bits per heavy atom. The number of hydrogen-bond acceptors (Lipinski definition) is 6. The molecule has 0 spiro atoms. The quantitative estimate of drug-likeness (QED) is 0.543. The molecule has 0 unspecified atom stereocenters. The molecule has 0 saturated heterocycles. The molecule has 1 atom stereocenters. The third-order valence-electron chi connectivity index (χ3n) is 3.83. The molecule has 0 bridgehead atoms. The lowest BCUT2D eigenvalue weighted by Gasteiger charge is -2.18. The minimum Gasteiger partial charge on any atom is -0.495 e. The van der Waals surface area contributed by atoms with Gasteiger partial charge < -0.3 is 19.5 Å². The molecule has 0 aliphatic carbocycles. The second-order valence-corrected chi connectivity index (χ2v) is 6.01. The number of nitrogens with one attached hydrogen (secondary N) is 1.